The van der Waals surface area contributed by atoms with E-state index >= 15 is 0 Å². The molecule has 0 bridgehead atoms. The van der Waals surface area contributed by atoms with Gasteiger partial charge in [-0.3, -0.25) is 9.21 Å². The molecule has 0 unspecified atom stereocenters. The van der Waals surface area contributed by atoms with Crippen LogP contribution in [0.15, 0.2) is 59.6 Å². The Morgan fingerprint density at radius 1 is 1.12 bits per heavy atom. The third-order valence-corrected chi connectivity index (χ3v) is 7.65. The van der Waals surface area contributed by atoms with Gasteiger partial charge in [-0.05, 0) is 36.8 Å². The van der Waals surface area contributed by atoms with E-state index in [4.69, 9.17) is 16.3 Å². The molecular formula is C23H28ClN5O3S. The molecule has 1 aliphatic heterocycles. The van der Waals surface area contributed by atoms with Crippen molar-refractivity contribution in [3.05, 3.63) is 65.4 Å². The van der Waals surface area contributed by atoms with Gasteiger partial charge in [-0.25, -0.2) is 13.1 Å². The summed E-state index contributed by atoms with van der Waals surface area (Å²) in [6, 6.07) is 13.7. The van der Waals surface area contributed by atoms with Crippen LogP contribution < -0.4 is 4.31 Å². The standard InChI is InChI=1S/C23H28ClN5O3S/c1-2-3-11-28(33(30,31)21-7-5-4-6-8-21)22-10-9-19(24)16-23(22)29-20(17-25-26-29)18-27-12-14-32-15-13-27/h4-10,16-17H,2-3,11-15,18H2,1H3. The first-order chi connectivity index (χ1) is 16.0. The maximum Gasteiger partial charge on any atom is 0.264 e. The monoisotopic (exact) mass is 489 g/mol. The highest BCUT2D eigenvalue weighted by Crippen LogP contribution is 2.32. The highest BCUT2D eigenvalue weighted by atomic mass is 35.5. The second-order valence-corrected chi connectivity index (χ2v) is 10.2. The van der Waals surface area contributed by atoms with Gasteiger partial charge in [0.25, 0.3) is 10.0 Å². The predicted molar refractivity (Wildman–Crippen MR) is 128 cm³/mol. The molecule has 2 aromatic carbocycles. The highest BCUT2D eigenvalue weighted by molar-refractivity contribution is 7.92. The Morgan fingerprint density at radius 3 is 2.61 bits per heavy atom. The minimum absolute atomic E-state index is 0.245. The van der Waals surface area contributed by atoms with Crippen LogP contribution in [0.4, 0.5) is 5.69 Å². The molecule has 3 aromatic rings. The number of aromatic nitrogens is 3. The average molecular weight is 490 g/mol. The van der Waals surface area contributed by atoms with Gasteiger partial charge in [-0.2, -0.15) is 0 Å². The number of hydrogen-bond donors (Lipinski definition) is 0. The summed E-state index contributed by atoms with van der Waals surface area (Å²) in [5.74, 6) is 0. The molecule has 33 heavy (non-hydrogen) atoms. The molecule has 0 spiro atoms. The molecule has 0 N–H and O–H groups in total. The molecule has 0 aliphatic carbocycles. The third-order valence-electron chi connectivity index (χ3n) is 5.59. The van der Waals surface area contributed by atoms with Crippen LogP contribution in [0.5, 0.6) is 0 Å². The van der Waals surface area contributed by atoms with Gasteiger partial charge in [-0.1, -0.05) is 48.4 Å². The van der Waals surface area contributed by atoms with Crippen LogP contribution in [0.2, 0.25) is 5.02 Å². The average Bonchev–Trinajstić information content (AvgIpc) is 3.29. The summed E-state index contributed by atoms with van der Waals surface area (Å²) in [4.78, 5) is 2.51. The summed E-state index contributed by atoms with van der Waals surface area (Å²) in [7, 11) is -3.79. The third kappa shape index (κ3) is 5.38. The largest absolute Gasteiger partial charge is 0.379 e. The molecule has 4 rings (SSSR count). The van der Waals surface area contributed by atoms with Crippen molar-refractivity contribution in [2.45, 2.75) is 31.2 Å². The molecule has 176 valence electrons. The SMILES string of the molecule is CCCCN(c1ccc(Cl)cc1-n1nncc1CN1CCOCC1)S(=O)(=O)c1ccccc1. The summed E-state index contributed by atoms with van der Waals surface area (Å²) < 4.78 is 35.9. The number of nitrogens with zero attached hydrogens (tertiary/aromatic N) is 5. The fraction of sp³-hybridized carbons (Fsp3) is 0.391. The topological polar surface area (TPSA) is 80.6 Å². The van der Waals surface area contributed by atoms with Crippen molar-refractivity contribution in [1.82, 2.24) is 19.9 Å². The van der Waals surface area contributed by atoms with E-state index in [-0.39, 0.29) is 4.90 Å². The van der Waals surface area contributed by atoms with Crippen molar-refractivity contribution in [3.63, 3.8) is 0 Å². The van der Waals surface area contributed by atoms with E-state index in [1.165, 1.54) is 4.31 Å². The van der Waals surface area contributed by atoms with E-state index in [1.54, 1.807) is 59.4 Å². The molecule has 8 nitrogen and oxygen atoms in total. The molecule has 0 saturated carbocycles. The van der Waals surface area contributed by atoms with Crippen molar-refractivity contribution in [3.8, 4) is 5.69 Å². The van der Waals surface area contributed by atoms with E-state index < -0.39 is 10.0 Å². The fourth-order valence-electron chi connectivity index (χ4n) is 3.82. The van der Waals surface area contributed by atoms with E-state index in [1.807, 2.05) is 6.92 Å². The molecule has 1 saturated heterocycles. The van der Waals surface area contributed by atoms with Gasteiger partial charge in [-0.15, -0.1) is 5.10 Å². The Bertz CT molecular complexity index is 1160. The van der Waals surface area contributed by atoms with Crippen LogP contribution in [0, 0.1) is 0 Å². The van der Waals surface area contributed by atoms with Gasteiger partial charge < -0.3 is 4.74 Å². The quantitative estimate of drug-likeness (QED) is 0.455. The minimum atomic E-state index is -3.79. The molecular weight excluding hydrogens is 462 g/mol. The molecule has 2 heterocycles. The summed E-state index contributed by atoms with van der Waals surface area (Å²) >= 11 is 6.36. The van der Waals surface area contributed by atoms with Crippen molar-refractivity contribution >= 4 is 27.3 Å². The van der Waals surface area contributed by atoms with Gasteiger partial charge in [0.05, 0.1) is 41.4 Å². The van der Waals surface area contributed by atoms with E-state index in [2.05, 4.69) is 15.2 Å². The lowest BCUT2D eigenvalue weighted by Gasteiger charge is -2.28. The molecule has 1 aromatic heterocycles. The zero-order valence-electron chi connectivity index (χ0n) is 18.6. The van der Waals surface area contributed by atoms with Crippen LogP contribution in [0.25, 0.3) is 5.69 Å². The van der Waals surface area contributed by atoms with Crippen LogP contribution in [-0.2, 0) is 21.3 Å². The second-order valence-electron chi connectivity index (χ2n) is 7.90. The molecule has 1 aliphatic rings. The van der Waals surface area contributed by atoms with E-state index in [0.29, 0.717) is 49.1 Å². The number of rotatable bonds is 9. The van der Waals surface area contributed by atoms with Crippen LogP contribution in [0.3, 0.4) is 0 Å². The van der Waals surface area contributed by atoms with Crippen molar-refractivity contribution in [2.75, 3.05) is 37.2 Å². The molecule has 1 fully saturated rings. The molecule has 10 heteroatoms. The van der Waals surface area contributed by atoms with Crippen LogP contribution in [0.1, 0.15) is 25.5 Å². The number of ether oxygens (including phenoxy) is 1. The molecule has 0 radical (unpaired) electrons. The van der Waals surface area contributed by atoms with Gasteiger partial charge in [0.2, 0.25) is 0 Å². The van der Waals surface area contributed by atoms with E-state index in [9.17, 15) is 8.42 Å². The Morgan fingerprint density at radius 2 is 1.88 bits per heavy atom. The van der Waals surface area contributed by atoms with Gasteiger partial charge in [0.1, 0.15) is 0 Å². The predicted octanol–water partition coefficient (Wildman–Crippen LogP) is 3.75. The number of sulfonamides is 1. The van der Waals surface area contributed by atoms with E-state index in [0.717, 1.165) is 25.2 Å². The van der Waals surface area contributed by atoms with Crippen molar-refractivity contribution in [1.29, 1.82) is 0 Å². The van der Waals surface area contributed by atoms with Crippen molar-refractivity contribution in [2.24, 2.45) is 0 Å². The number of anilines is 1. The fourth-order valence-corrected chi connectivity index (χ4v) is 5.53. The molecule has 0 atom stereocenters. The zero-order valence-corrected chi connectivity index (χ0v) is 20.2. The summed E-state index contributed by atoms with van der Waals surface area (Å²) in [5, 5.41) is 8.91. The zero-order chi connectivity index (χ0) is 23.3. The van der Waals surface area contributed by atoms with Crippen LogP contribution in [-0.4, -0.2) is 61.2 Å². The minimum Gasteiger partial charge on any atom is -0.379 e. The highest BCUT2D eigenvalue weighted by Gasteiger charge is 2.28. The Labute approximate surface area is 199 Å². The van der Waals surface area contributed by atoms with Gasteiger partial charge in [0, 0.05) is 31.2 Å². The summed E-state index contributed by atoms with van der Waals surface area (Å²) in [5.41, 5.74) is 1.96. The number of unbranched alkanes of at least 4 members (excludes halogenated alkanes) is 1. The van der Waals surface area contributed by atoms with Gasteiger partial charge >= 0.3 is 0 Å². The lowest BCUT2D eigenvalue weighted by molar-refractivity contribution is 0.0333. The van der Waals surface area contributed by atoms with Gasteiger partial charge in [0.15, 0.2) is 0 Å². The number of morpholine rings is 1. The first-order valence-corrected chi connectivity index (χ1v) is 12.9. The Kier molecular flexibility index (Phi) is 7.64. The Hall–Kier alpha value is -2.46. The number of hydrogen-bond acceptors (Lipinski definition) is 6. The summed E-state index contributed by atoms with van der Waals surface area (Å²) in [6.45, 7) is 6.01. The maximum atomic E-state index is 13.7. The number of halogens is 1. The normalized spacial score (nSPS) is 15.0. The lowest BCUT2D eigenvalue weighted by Crippen LogP contribution is -2.36. The second kappa shape index (κ2) is 10.6. The Balaban J connectivity index is 1.78. The maximum absolute atomic E-state index is 13.7. The lowest BCUT2D eigenvalue weighted by atomic mass is 10.2. The summed E-state index contributed by atoms with van der Waals surface area (Å²) in [6.07, 6.45) is 3.28. The molecule has 0 amide bonds. The first kappa shape index (κ1) is 23.7. The smallest absolute Gasteiger partial charge is 0.264 e. The first-order valence-electron chi connectivity index (χ1n) is 11.1. The van der Waals surface area contributed by atoms with Crippen molar-refractivity contribution < 1.29 is 13.2 Å². The van der Waals surface area contributed by atoms with Crippen LogP contribution >= 0.6 is 11.6 Å². The number of benzene rings is 2.